The molecule has 0 spiro atoms. The van der Waals surface area contributed by atoms with E-state index in [1.165, 1.54) is 42.5 Å². The van der Waals surface area contributed by atoms with E-state index in [2.05, 4.69) is 10.6 Å². The summed E-state index contributed by atoms with van der Waals surface area (Å²) in [6.45, 7) is 0.760. The highest BCUT2D eigenvalue weighted by molar-refractivity contribution is 7.92. The third kappa shape index (κ3) is 7.12. The lowest BCUT2D eigenvalue weighted by Crippen LogP contribution is -2.29. The number of halogens is 1. The van der Waals surface area contributed by atoms with E-state index in [-0.39, 0.29) is 29.3 Å². The normalized spacial score (nSPS) is 11.1. The van der Waals surface area contributed by atoms with Crippen molar-refractivity contribution >= 4 is 33.2 Å². The number of carbonyl (C=O) groups excluding carboxylic acids is 2. The van der Waals surface area contributed by atoms with Crippen LogP contribution in [-0.4, -0.2) is 46.7 Å². The molecule has 0 aliphatic rings. The van der Waals surface area contributed by atoms with Crippen molar-refractivity contribution in [3.05, 3.63) is 95.3 Å². The third-order valence-corrected chi connectivity index (χ3v) is 6.46. The van der Waals surface area contributed by atoms with Crippen LogP contribution in [0.1, 0.15) is 32.7 Å². The van der Waals surface area contributed by atoms with E-state index in [4.69, 9.17) is 4.74 Å². The molecule has 0 fully saturated rings. The molecule has 2 N–H and O–H groups in total. The number of nitrogens with one attached hydrogen (secondary N) is 2. The molecule has 3 aromatic rings. The first-order valence-corrected chi connectivity index (χ1v) is 13.0. The van der Waals surface area contributed by atoms with Crippen LogP contribution in [0.5, 0.6) is 0 Å². The van der Waals surface area contributed by atoms with Crippen LogP contribution >= 0.6 is 0 Å². The van der Waals surface area contributed by atoms with E-state index in [1.807, 2.05) is 0 Å². The minimum atomic E-state index is -3.73. The number of hydrogen-bond donors (Lipinski definition) is 2. The number of para-hydroxylation sites is 1. The van der Waals surface area contributed by atoms with Gasteiger partial charge in [-0.05, 0) is 48.9 Å². The van der Waals surface area contributed by atoms with Crippen molar-refractivity contribution in [1.82, 2.24) is 5.32 Å². The molecule has 0 unspecified atom stereocenters. The average molecular weight is 514 g/mol. The van der Waals surface area contributed by atoms with Crippen LogP contribution in [-0.2, 0) is 21.3 Å². The summed E-state index contributed by atoms with van der Waals surface area (Å²) in [5, 5.41) is 5.52. The molecule has 3 aromatic carbocycles. The van der Waals surface area contributed by atoms with Gasteiger partial charge in [-0.25, -0.2) is 12.8 Å². The first kappa shape index (κ1) is 26.8. The summed E-state index contributed by atoms with van der Waals surface area (Å²) in [7, 11) is -2.14. The summed E-state index contributed by atoms with van der Waals surface area (Å²) in [5.74, 6) is -1.31. The van der Waals surface area contributed by atoms with Gasteiger partial charge in [-0.1, -0.05) is 30.3 Å². The summed E-state index contributed by atoms with van der Waals surface area (Å²) in [5.41, 5.74) is 1.42. The molecule has 0 saturated carbocycles. The van der Waals surface area contributed by atoms with Crippen LogP contribution < -0.4 is 14.9 Å². The predicted molar refractivity (Wildman–Crippen MR) is 137 cm³/mol. The molecular formula is C26H28FN3O5S. The Bertz CT molecular complexity index is 1310. The predicted octanol–water partition coefficient (Wildman–Crippen LogP) is 3.81. The highest BCUT2D eigenvalue weighted by Crippen LogP contribution is 2.23. The number of methoxy groups -OCH3 is 1. The van der Waals surface area contributed by atoms with Gasteiger partial charge in [0.05, 0.1) is 29.7 Å². The Morgan fingerprint density at radius 1 is 0.944 bits per heavy atom. The SMILES string of the molecule is COCCCNC(=O)c1ccccc1NC(=O)c1ccc(N(Cc2ccccc2F)S(C)(=O)=O)cc1. The molecule has 2 amide bonds. The number of rotatable bonds is 11. The first-order valence-electron chi connectivity index (χ1n) is 11.2. The molecule has 0 radical (unpaired) electrons. The van der Waals surface area contributed by atoms with Crippen LogP contribution in [0, 0.1) is 5.82 Å². The second kappa shape index (κ2) is 12.3. The smallest absolute Gasteiger partial charge is 0.255 e. The first-order chi connectivity index (χ1) is 17.2. The molecule has 36 heavy (non-hydrogen) atoms. The van der Waals surface area contributed by atoms with Gasteiger partial charge in [0.2, 0.25) is 10.0 Å². The van der Waals surface area contributed by atoms with Gasteiger partial charge in [0.15, 0.2) is 0 Å². The minimum absolute atomic E-state index is 0.191. The molecule has 0 heterocycles. The molecule has 8 nitrogen and oxygen atoms in total. The third-order valence-electron chi connectivity index (χ3n) is 5.32. The zero-order chi connectivity index (χ0) is 26.1. The van der Waals surface area contributed by atoms with Gasteiger partial charge >= 0.3 is 0 Å². The van der Waals surface area contributed by atoms with Crippen LogP contribution in [0.3, 0.4) is 0 Å². The Labute approximate surface area is 210 Å². The minimum Gasteiger partial charge on any atom is -0.385 e. The summed E-state index contributed by atoms with van der Waals surface area (Å²) < 4.78 is 44.9. The number of ether oxygens (including phenoxy) is 1. The fourth-order valence-electron chi connectivity index (χ4n) is 3.46. The largest absolute Gasteiger partial charge is 0.385 e. The molecular weight excluding hydrogens is 485 g/mol. The summed E-state index contributed by atoms with van der Waals surface area (Å²) >= 11 is 0. The number of amides is 2. The molecule has 0 aliphatic heterocycles. The highest BCUT2D eigenvalue weighted by atomic mass is 32.2. The van der Waals surface area contributed by atoms with E-state index in [9.17, 15) is 22.4 Å². The average Bonchev–Trinajstić information content (AvgIpc) is 2.86. The Kier molecular flexibility index (Phi) is 9.15. The fraction of sp³-hybridized carbons (Fsp3) is 0.231. The molecule has 0 aromatic heterocycles. The lowest BCUT2D eigenvalue weighted by Gasteiger charge is -2.23. The van der Waals surface area contributed by atoms with Gasteiger partial charge in [0.25, 0.3) is 11.8 Å². The fourth-order valence-corrected chi connectivity index (χ4v) is 4.34. The topological polar surface area (TPSA) is 105 Å². The highest BCUT2D eigenvalue weighted by Gasteiger charge is 2.20. The second-order valence-corrected chi connectivity index (χ2v) is 9.92. The molecule has 0 bridgehead atoms. The number of sulfonamides is 1. The summed E-state index contributed by atoms with van der Waals surface area (Å²) in [6, 6.07) is 18.5. The Balaban J connectivity index is 1.75. The Hall–Kier alpha value is -3.76. The number of nitrogens with zero attached hydrogens (tertiary/aromatic N) is 1. The molecule has 0 saturated heterocycles. The molecule has 10 heteroatoms. The van der Waals surface area contributed by atoms with Crippen LogP contribution in [0.2, 0.25) is 0 Å². The summed E-state index contributed by atoms with van der Waals surface area (Å²) in [6.07, 6.45) is 1.69. The van der Waals surface area contributed by atoms with E-state index in [0.717, 1.165) is 10.6 Å². The zero-order valence-corrected chi connectivity index (χ0v) is 20.8. The lowest BCUT2D eigenvalue weighted by molar-refractivity contribution is 0.0949. The molecule has 0 aliphatic carbocycles. The van der Waals surface area contributed by atoms with Gasteiger partial charge in [0, 0.05) is 31.4 Å². The van der Waals surface area contributed by atoms with Crippen molar-refractivity contribution in [2.75, 3.05) is 36.1 Å². The summed E-state index contributed by atoms with van der Waals surface area (Å²) in [4.78, 5) is 25.4. The van der Waals surface area contributed by atoms with Gasteiger partial charge < -0.3 is 15.4 Å². The van der Waals surface area contributed by atoms with Crippen molar-refractivity contribution < 1.29 is 27.1 Å². The van der Waals surface area contributed by atoms with Gasteiger partial charge in [0.1, 0.15) is 5.82 Å². The van der Waals surface area contributed by atoms with Crippen LogP contribution in [0.25, 0.3) is 0 Å². The lowest BCUT2D eigenvalue weighted by atomic mass is 10.1. The Morgan fingerprint density at radius 2 is 1.61 bits per heavy atom. The molecule has 190 valence electrons. The number of anilines is 2. The molecule has 3 rings (SSSR count). The zero-order valence-electron chi connectivity index (χ0n) is 20.0. The van der Waals surface area contributed by atoms with E-state index in [1.54, 1.807) is 37.4 Å². The van der Waals surface area contributed by atoms with Crippen LogP contribution in [0.4, 0.5) is 15.8 Å². The van der Waals surface area contributed by atoms with Gasteiger partial charge in [-0.2, -0.15) is 0 Å². The van der Waals surface area contributed by atoms with Crippen molar-refractivity contribution in [1.29, 1.82) is 0 Å². The van der Waals surface area contributed by atoms with Crippen molar-refractivity contribution in [2.24, 2.45) is 0 Å². The maximum atomic E-state index is 14.1. The van der Waals surface area contributed by atoms with Gasteiger partial charge in [-0.3, -0.25) is 13.9 Å². The quantitative estimate of drug-likeness (QED) is 0.380. The number of carbonyl (C=O) groups is 2. The maximum Gasteiger partial charge on any atom is 0.255 e. The number of hydrogen-bond acceptors (Lipinski definition) is 5. The standard InChI is InChI=1S/C26H28FN3O5S/c1-35-17-7-16-28-26(32)22-9-4-6-11-24(22)29-25(31)19-12-14-21(15-13-19)30(36(2,33)34)18-20-8-3-5-10-23(20)27/h3-6,8-15H,7,16-18H2,1-2H3,(H,28,32)(H,29,31). The van der Waals surface area contributed by atoms with E-state index < -0.39 is 21.7 Å². The van der Waals surface area contributed by atoms with E-state index in [0.29, 0.717) is 30.8 Å². The van der Waals surface area contributed by atoms with Crippen molar-refractivity contribution in [3.8, 4) is 0 Å². The van der Waals surface area contributed by atoms with Crippen molar-refractivity contribution in [3.63, 3.8) is 0 Å². The maximum absolute atomic E-state index is 14.1. The van der Waals surface area contributed by atoms with Gasteiger partial charge in [-0.15, -0.1) is 0 Å². The monoisotopic (exact) mass is 513 g/mol. The van der Waals surface area contributed by atoms with Crippen LogP contribution in [0.15, 0.2) is 72.8 Å². The van der Waals surface area contributed by atoms with E-state index >= 15 is 0 Å². The molecule has 0 atom stereocenters. The second-order valence-electron chi connectivity index (χ2n) is 8.01. The Morgan fingerprint density at radius 3 is 2.28 bits per heavy atom. The number of benzene rings is 3. The van der Waals surface area contributed by atoms with Crippen molar-refractivity contribution in [2.45, 2.75) is 13.0 Å².